The minimum absolute atomic E-state index is 0. The number of hydrogen-bond donors (Lipinski definition) is 4. The molecule has 0 unspecified atom stereocenters. The van der Waals surface area contributed by atoms with Gasteiger partial charge in [-0.3, -0.25) is 4.79 Å². The van der Waals surface area contributed by atoms with Gasteiger partial charge in [-0.2, -0.15) is 0 Å². The molecule has 0 heterocycles. The molecule has 27 heavy (non-hydrogen) atoms. The fourth-order valence-electron chi connectivity index (χ4n) is 3.21. The number of rotatable bonds is 5. The fraction of sp³-hybridized carbons (Fsp3) is 0.300. The molecular formula is C20H25ClN4O2. The van der Waals surface area contributed by atoms with Crippen LogP contribution in [-0.4, -0.2) is 18.5 Å². The van der Waals surface area contributed by atoms with E-state index < -0.39 is 0 Å². The van der Waals surface area contributed by atoms with E-state index in [-0.39, 0.29) is 30.8 Å². The molecule has 144 valence electrons. The number of halogens is 1. The first kappa shape index (κ1) is 20.7. The van der Waals surface area contributed by atoms with Crippen LogP contribution in [0.1, 0.15) is 30.4 Å². The van der Waals surface area contributed by atoms with Gasteiger partial charge in [0.25, 0.3) is 0 Å². The topological polar surface area (TPSA) is 96.2 Å². The molecule has 7 heteroatoms. The average Bonchev–Trinajstić information content (AvgIpc) is 2.62. The molecule has 0 saturated carbocycles. The Morgan fingerprint density at radius 2 is 1.63 bits per heavy atom. The second kappa shape index (κ2) is 9.94. The van der Waals surface area contributed by atoms with Crippen molar-refractivity contribution >= 4 is 41.4 Å². The molecule has 0 radical (unpaired) electrons. The Hall–Kier alpha value is -2.57. The molecule has 0 fully saturated rings. The summed E-state index contributed by atoms with van der Waals surface area (Å²) < 4.78 is 0. The molecule has 0 aromatic heterocycles. The van der Waals surface area contributed by atoms with Crippen LogP contribution in [-0.2, 0) is 17.6 Å². The van der Waals surface area contributed by atoms with E-state index in [0.717, 1.165) is 24.9 Å². The molecule has 5 N–H and O–H groups in total. The molecule has 0 saturated heterocycles. The third-order valence-electron chi connectivity index (χ3n) is 4.42. The van der Waals surface area contributed by atoms with E-state index in [1.54, 1.807) is 24.3 Å². The van der Waals surface area contributed by atoms with Crippen molar-refractivity contribution in [2.24, 2.45) is 5.73 Å². The maximum Gasteiger partial charge on any atom is 0.323 e. The van der Waals surface area contributed by atoms with Crippen LogP contribution in [0.2, 0.25) is 0 Å². The zero-order valence-electron chi connectivity index (χ0n) is 15.1. The molecule has 2 aromatic rings. The van der Waals surface area contributed by atoms with Gasteiger partial charge in [0, 0.05) is 30.0 Å². The first-order chi connectivity index (χ1) is 12.7. The average molecular weight is 389 g/mol. The van der Waals surface area contributed by atoms with E-state index in [2.05, 4.69) is 22.0 Å². The third-order valence-corrected chi connectivity index (χ3v) is 4.42. The summed E-state index contributed by atoms with van der Waals surface area (Å²) in [5, 5.41) is 8.52. The van der Waals surface area contributed by atoms with Crippen LogP contribution in [0, 0.1) is 0 Å². The zero-order valence-corrected chi connectivity index (χ0v) is 15.9. The van der Waals surface area contributed by atoms with Gasteiger partial charge < -0.3 is 21.7 Å². The highest BCUT2D eigenvalue weighted by atomic mass is 35.5. The first-order valence-corrected chi connectivity index (χ1v) is 8.94. The highest BCUT2D eigenvalue weighted by Crippen LogP contribution is 2.28. The molecule has 2 aromatic carbocycles. The molecule has 3 amide bonds. The highest BCUT2D eigenvalue weighted by Gasteiger charge is 2.14. The zero-order chi connectivity index (χ0) is 18.4. The quantitative estimate of drug-likeness (QED) is 0.625. The molecular weight excluding hydrogens is 364 g/mol. The van der Waals surface area contributed by atoms with Crippen LogP contribution in [0.15, 0.2) is 42.5 Å². The number of anilines is 3. The number of carbonyl (C=O) groups excluding carboxylic acids is 2. The Labute approximate surface area is 165 Å². The van der Waals surface area contributed by atoms with Gasteiger partial charge in [0.1, 0.15) is 0 Å². The van der Waals surface area contributed by atoms with E-state index in [4.69, 9.17) is 5.73 Å². The lowest BCUT2D eigenvalue weighted by molar-refractivity contribution is -0.116. The van der Waals surface area contributed by atoms with Crippen LogP contribution in [0.4, 0.5) is 21.9 Å². The number of carbonyl (C=O) groups is 2. The Bertz CT molecular complexity index is 810. The summed E-state index contributed by atoms with van der Waals surface area (Å²) >= 11 is 0. The first-order valence-electron chi connectivity index (χ1n) is 8.94. The summed E-state index contributed by atoms with van der Waals surface area (Å²) in [5.41, 5.74) is 10.0. The van der Waals surface area contributed by atoms with Crippen molar-refractivity contribution in [1.82, 2.24) is 0 Å². The lowest BCUT2D eigenvalue weighted by atomic mass is 9.90. The summed E-state index contributed by atoms with van der Waals surface area (Å²) in [6.45, 7) is 0.299. The molecule has 1 aliphatic rings. The van der Waals surface area contributed by atoms with Crippen molar-refractivity contribution in [3.05, 3.63) is 53.6 Å². The van der Waals surface area contributed by atoms with Gasteiger partial charge in [0.05, 0.1) is 0 Å². The number of nitrogens with two attached hydrogens (primary N) is 1. The Balaban J connectivity index is 0.00000261. The van der Waals surface area contributed by atoms with Gasteiger partial charge in [0.15, 0.2) is 0 Å². The molecule has 0 bridgehead atoms. The lowest BCUT2D eigenvalue weighted by Gasteiger charge is -2.19. The Morgan fingerprint density at radius 1 is 0.926 bits per heavy atom. The van der Waals surface area contributed by atoms with Gasteiger partial charge in [0.2, 0.25) is 5.91 Å². The number of amides is 3. The van der Waals surface area contributed by atoms with Crippen molar-refractivity contribution in [1.29, 1.82) is 0 Å². The smallest absolute Gasteiger partial charge is 0.323 e. The van der Waals surface area contributed by atoms with Crippen LogP contribution in [0.3, 0.4) is 0 Å². The lowest BCUT2D eigenvalue weighted by Crippen LogP contribution is -2.21. The van der Waals surface area contributed by atoms with Crippen LogP contribution in [0.5, 0.6) is 0 Å². The van der Waals surface area contributed by atoms with Crippen LogP contribution >= 0.6 is 12.4 Å². The maximum atomic E-state index is 12.4. The van der Waals surface area contributed by atoms with Gasteiger partial charge in [-0.15, -0.1) is 12.4 Å². The number of hydrogen-bond acceptors (Lipinski definition) is 3. The summed E-state index contributed by atoms with van der Waals surface area (Å²) in [6.07, 6.45) is 4.67. The summed E-state index contributed by atoms with van der Waals surface area (Å²) in [7, 11) is 0. The van der Waals surface area contributed by atoms with Crippen molar-refractivity contribution in [2.45, 2.75) is 32.1 Å². The second-order valence-electron chi connectivity index (χ2n) is 6.40. The Kier molecular flexibility index (Phi) is 7.64. The van der Waals surface area contributed by atoms with E-state index in [9.17, 15) is 9.59 Å². The molecule has 0 spiro atoms. The van der Waals surface area contributed by atoms with E-state index in [0.29, 0.717) is 17.9 Å². The second-order valence-corrected chi connectivity index (χ2v) is 6.40. The maximum absolute atomic E-state index is 12.4. The number of nitrogens with one attached hydrogen (secondary N) is 3. The summed E-state index contributed by atoms with van der Waals surface area (Å²) in [4.78, 5) is 24.0. The predicted octanol–water partition coefficient (Wildman–Crippen LogP) is 3.92. The van der Waals surface area contributed by atoms with Gasteiger partial charge in [-0.05, 0) is 61.1 Å². The third kappa shape index (κ3) is 5.70. The van der Waals surface area contributed by atoms with Crippen LogP contribution < -0.4 is 21.7 Å². The van der Waals surface area contributed by atoms with E-state index in [1.807, 2.05) is 12.1 Å². The predicted molar refractivity (Wildman–Crippen MR) is 112 cm³/mol. The summed E-state index contributed by atoms with van der Waals surface area (Å²) in [5.74, 6) is -0.148. The van der Waals surface area contributed by atoms with Crippen molar-refractivity contribution in [3.63, 3.8) is 0 Å². The van der Waals surface area contributed by atoms with Gasteiger partial charge in [-0.1, -0.05) is 18.2 Å². The minimum Gasteiger partial charge on any atom is -0.330 e. The SMILES string of the molecule is Cl.NCCC(=O)Nc1cccc(NC(=O)Nc2cccc3c2CCCC3)c1. The highest BCUT2D eigenvalue weighted by molar-refractivity contribution is 6.01. The molecule has 0 aliphatic heterocycles. The van der Waals surface area contributed by atoms with Crippen molar-refractivity contribution in [3.8, 4) is 0 Å². The van der Waals surface area contributed by atoms with Gasteiger partial charge >= 0.3 is 6.03 Å². The molecule has 0 atom stereocenters. The summed E-state index contributed by atoms with van der Waals surface area (Å²) in [6, 6.07) is 12.8. The van der Waals surface area contributed by atoms with Crippen molar-refractivity contribution < 1.29 is 9.59 Å². The fourth-order valence-corrected chi connectivity index (χ4v) is 3.21. The van der Waals surface area contributed by atoms with Gasteiger partial charge in [-0.25, -0.2) is 4.79 Å². The largest absolute Gasteiger partial charge is 0.330 e. The van der Waals surface area contributed by atoms with E-state index in [1.165, 1.54) is 17.5 Å². The van der Waals surface area contributed by atoms with Crippen molar-refractivity contribution in [2.75, 3.05) is 22.5 Å². The standard InChI is InChI=1S/C20H24N4O2.ClH/c21-12-11-19(25)22-15-7-4-8-16(13-15)23-20(26)24-18-10-3-6-14-5-1-2-9-17(14)18;/h3-4,6-8,10,13H,1-2,5,9,11-12,21H2,(H,22,25)(H2,23,24,26);1H. The molecule has 1 aliphatic carbocycles. The molecule has 3 rings (SSSR count). The monoisotopic (exact) mass is 388 g/mol. The Morgan fingerprint density at radius 3 is 2.41 bits per heavy atom. The van der Waals surface area contributed by atoms with E-state index >= 15 is 0 Å². The number of fused-ring (bicyclic) bond motifs is 1. The normalized spacial score (nSPS) is 12.3. The molecule has 6 nitrogen and oxygen atoms in total. The number of benzene rings is 2. The number of urea groups is 1. The number of aryl methyl sites for hydroxylation is 1. The minimum atomic E-state index is -0.297. The van der Waals surface area contributed by atoms with Crippen LogP contribution in [0.25, 0.3) is 0 Å².